The number of esters is 1. The molecule has 0 bridgehead atoms. The number of ketones is 1. The number of thioether (sulfide) groups is 1. The molecule has 1 aliphatic heterocycles. The first-order valence-electron chi connectivity index (χ1n) is 12.9. The fourth-order valence-corrected chi connectivity index (χ4v) is 6.91. The molecule has 1 saturated heterocycles. The first-order chi connectivity index (χ1) is 18.4. The van der Waals surface area contributed by atoms with Crippen LogP contribution >= 0.6 is 23.1 Å². The summed E-state index contributed by atoms with van der Waals surface area (Å²) in [5.41, 5.74) is 2.77. The van der Waals surface area contributed by atoms with Gasteiger partial charge in [-0.05, 0) is 66.5 Å². The number of nitrogens with one attached hydrogen (secondary N) is 1. The van der Waals surface area contributed by atoms with Gasteiger partial charge in [-0.15, -0.1) is 11.8 Å². The fraction of sp³-hybridized carbons (Fsp3) is 0.448. The average Bonchev–Trinajstić information content (AvgIpc) is 3.30. The highest BCUT2D eigenvalue weighted by molar-refractivity contribution is 8.01. The number of phenols is 1. The van der Waals surface area contributed by atoms with Crippen molar-refractivity contribution in [2.24, 2.45) is 5.92 Å². The lowest BCUT2D eigenvalue weighted by molar-refractivity contribution is -0.176. The third-order valence-corrected chi connectivity index (χ3v) is 9.73. The van der Waals surface area contributed by atoms with Gasteiger partial charge in [-0.25, -0.2) is 9.78 Å². The summed E-state index contributed by atoms with van der Waals surface area (Å²) in [4.78, 5) is 44.0. The van der Waals surface area contributed by atoms with Crippen LogP contribution in [-0.2, 0) is 25.5 Å². The van der Waals surface area contributed by atoms with Crippen LogP contribution in [0.15, 0.2) is 35.2 Å². The number of aromatic nitrogens is 1. The van der Waals surface area contributed by atoms with Gasteiger partial charge in [0, 0.05) is 11.3 Å². The van der Waals surface area contributed by atoms with Crippen molar-refractivity contribution in [1.29, 1.82) is 0 Å². The van der Waals surface area contributed by atoms with Gasteiger partial charge in [0.1, 0.15) is 11.4 Å². The number of rotatable bonds is 8. The Hall–Kier alpha value is -3.11. The molecule has 0 radical (unpaired) electrons. The van der Waals surface area contributed by atoms with E-state index < -0.39 is 22.9 Å². The van der Waals surface area contributed by atoms with Crippen LogP contribution in [0.25, 0.3) is 10.2 Å². The SMILES string of the molecule is COC(=O)Nc1nc2c(C(C)C)cc(SC3C(=O)C[C@@](CCc4ccc(O)cc4)(C(C)C)OC3=O)c(C)c2s1. The number of nitrogens with zero attached hydrogens (tertiary/aromatic N) is 1. The molecule has 1 unspecified atom stereocenters. The van der Waals surface area contributed by atoms with Gasteiger partial charge in [0.2, 0.25) is 0 Å². The molecule has 1 aliphatic rings. The minimum absolute atomic E-state index is 0.0444. The van der Waals surface area contributed by atoms with E-state index in [9.17, 15) is 19.5 Å². The van der Waals surface area contributed by atoms with Crippen molar-refractivity contribution < 1.29 is 29.0 Å². The number of carbonyl (C=O) groups excluding carboxylic acids is 3. The predicted octanol–water partition coefficient (Wildman–Crippen LogP) is 6.62. The number of aromatic hydroxyl groups is 1. The smallest absolute Gasteiger partial charge is 0.413 e. The fourth-order valence-electron chi connectivity index (χ4n) is 4.77. The van der Waals surface area contributed by atoms with E-state index >= 15 is 0 Å². The normalized spacial score (nSPS) is 19.5. The summed E-state index contributed by atoms with van der Waals surface area (Å²) in [6.45, 7) is 9.99. The van der Waals surface area contributed by atoms with Crippen molar-refractivity contribution in [3.63, 3.8) is 0 Å². The molecular weight excluding hydrogens is 536 g/mol. The molecule has 3 aromatic rings. The van der Waals surface area contributed by atoms with Gasteiger partial charge in [-0.3, -0.25) is 14.9 Å². The molecule has 4 rings (SSSR count). The number of cyclic esters (lactones) is 1. The third-order valence-electron chi connectivity index (χ3n) is 7.27. The number of anilines is 1. The monoisotopic (exact) mass is 570 g/mol. The number of carbonyl (C=O) groups is 3. The standard InChI is InChI=1S/C29H34N2O6S2/c1-15(2)20-13-22(17(5)24-23(20)30-27(39-24)31-28(35)36-6)38-25-21(33)14-29(16(3)4,37-26(25)34)12-11-18-7-9-19(32)10-8-18/h7-10,13,15-16,25,32H,11-12,14H2,1-6H3,(H,30,31,35)/t25?,29-/m0/s1. The lowest BCUT2D eigenvalue weighted by Gasteiger charge is -2.41. The molecule has 0 aliphatic carbocycles. The van der Waals surface area contributed by atoms with Crippen LogP contribution in [0, 0.1) is 12.8 Å². The highest BCUT2D eigenvalue weighted by Crippen LogP contribution is 2.44. The molecule has 1 aromatic heterocycles. The molecule has 2 heterocycles. The number of benzene rings is 2. The van der Waals surface area contributed by atoms with Crippen LogP contribution in [0.3, 0.4) is 0 Å². The number of hydrogen-bond donors (Lipinski definition) is 2. The highest BCUT2D eigenvalue weighted by atomic mass is 32.2. The lowest BCUT2D eigenvalue weighted by atomic mass is 9.78. The number of amides is 1. The summed E-state index contributed by atoms with van der Waals surface area (Å²) in [5, 5.41) is 11.7. The topological polar surface area (TPSA) is 115 Å². The summed E-state index contributed by atoms with van der Waals surface area (Å²) >= 11 is 2.56. The molecule has 8 nitrogen and oxygen atoms in total. The van der Waals surface area contributed by atoms with Crippen molar-refractivity contribution in [1.82, 2.24) is 4.98 Å². The van der Waals surface area contributed by atoms with Crippen LogP contribution in [0.1, 0.15) is 63.1 Å². The van der Waals surface area contributed by atoms with Gasteiger partial charge in [0.05, 0.1) is 17.3 Å². The van der Waals surface area contributed by atoms with Crippen LogP contribution in [0.4, 0.5) is 9.93 Å². The van der Waals surface area contributed by atoms with Crippen molar-refractivity contribution in [2.45, 2.75) is 75.5 Å². The molecular formula is C29H34N2O6S2. The zero-order chi connectivity index (χ0) is 28.5. The molecule has 208 valence electrons. The number of fused-ring (bicyclic) bond motifs is 1. The summed E-state index contributed by atoms with van der Waals surface area (Å²) in [6, 6.07) is 8.93. The zero-order valence-corrected chi connectivity index (χ0v) is 24.6. The van der Waals surface area contributed by atoms with E-state index in [1.165, 1.54) is 30.2 Å². The Bertz CT molecular complexity index is 1380. The number of methoxy groups -OCH3 is 1. The third kappa shape index (κ3) is 6.06. The second-order valence-corrected chi connectivity index (χ2v) is 12.7. The minimum atomic E-state index is -0.956. The number of ether oxygens (including phenoxy) is 2. The highest BCUT2D eigenvalue weighted by Gasteiger charge is 2.49. The molecule has 1 fully saturated rings. The Morgan fingerprint density at radius 1 is 1.26 bits per heavy atom. The van der Waals surface area contributed by atoms with Gasteiger partial charge in [0.15, 0.2) is 16.2 Å². The van der Waals surface area contributed by atoms with E-state index in [1.807, 2.05) is 39.0 Å². The van der Waals surface area contributed by atoms with E-state index in [2.05, 4.69) is 24.1 Å². The number of thiazole rings is 1. The maximum absolute atomic E-state index is 13.5. The van der Waals surface area contributed by atoms with Crippen LogP contribution in [-0.4, -0.2) is 45.9 Å². The average molecular weight is 571 g/mol. The van der Waals surface area contributed by atoms with Crippen molar-refractivity contribution in [3.8, 4) is 5.75 Å². The minimum Gasteiger partial charge on any atom is -0.508 e. The van der Waals surface area contributed by atoms with Crippen molar-refractivity contribution in [3.05, 3.63) is 47.0 Å². The quantitative estimate of drug-likeness (QED) is 0.229. The van der Waals surface area contributed by atoms with E-state index in [0.717, 1.165) is 31.8 Å². The summed E-state index contributed by atoms with van der Waals surface area (Å²) in [6.07, 6.45) is 0.696. The van der Waals surface area contributed by atoms with E-state index in [1.54, 1.807) is 12.1 Å². The Morgan fingerprint density at radius 3 is 2.54 bits per heavy atom. The predicted molar refractivity (Wildman–Crippen MR) is 154 cm³/mol. The Labute approximate surface area is 236 Å². The molecule has 2 atom stereocenters. The van der Waals surface area contributed by atoms with Gasteiger partial charge < -0.3 is 14.6 Å². The van der Waals surface area contributed by atoms with E-state index in [-0.39, 0.29) is 29.8 Å². The Kier molecular flexibility index (Phi) is 8.56. The maximum atomic E-state index is 13.5. The second-order valence-electron chi connectivity index (χ2n) is 10.5. The van der Waals surface area contributed by atoms with Crippen LogP contribution < -0.4 is 5.32 Å². The number of Topliss-reactive ketones (excluding diaryl/α,β-unsaturated/α-hetero) is 1. The van der Waals surface area contributed by atoms with Crippen molar-refractivity contribution >= 4 is 56.3 Å². The van der Waals surface area contributed by atoms with Gasteiger partial charge in [-0.1, -0.05) is 51.2 Å². The lowest BCUT2D eigenvalue weighted by Crippen LogP contribution is -2.52. The van der Waals surface area contributed by atoms with E-state index in [0.29, 0.717) is 18.0 Å². The maximum Gasteiger partial charge on any atom is 0.413 e. The van der Waals surface area contributed by atoms with Gasteiger partial charge in [0.25, 0.3) is 0 Å². The molecule has 0 saturated carbocycles. The zero-order valence-electron chi connectivity index (χ0n) is 23.0. The van der Waals surface area contributed by atoms with Crippen LogP contribution in [0.2, 0.25) is 0 Å². The van der Waals surface area contributed by atoms with Gasteiger partial charge in [-0.2, -0.15) is 0 Å². The molecule has 0 spiro atoms. The Morgan fingerprint density at radius 2 is 1.95 bits per heavy atom. The second kappa shape index (κ2) is 11.6. The molecule has 2 aromatic carbocycles. The number of phenolic OH excluding ortho intramolecular Hbond substituents is 1. The summed E-state index contributed by atoms with van der Waals surface area (Å²) in [7, 11) is 1.30. The van der Waals surface area contributed by atoms with E-state index in [4.69, 9.17) is 9.47 Å². The largest absolute Gasteiger partial charge is 0.508 e. The summed E-state index contributed by atoms with van der Waals surface area (Å²) in [5.74, 6) is -0.378. The van der Waals surface area contributed by atoms with Crippen LogP contribution in [0.5, 0.6) is 5.75 Å². The molecule has 1 amide bonds. The van der Waals surface area contributed by atoms with Crippen molar-refractivity contribution in [2.75, 3.05) is 12.4 Å². The first kappa shape index (κ1) is 28.9. The summed E-state index contributed by atoms with van der Waals surface area (Å²) < 4.78 is 11.7. The Balaban J connectivity index is 1.59. The molecule has 39 heavy (non-hydrogen) atoms. The first-order valence-corrected chi connectivity index (χ1v) is 14.6. The molecule has 10 heteroatoms. The number of aryl methyl sites for hydroxylation is 2. The number of hydrogen-bond acceptors (Lipinski definition) is 9. The van der Waals surface area contributed by atoms with Gasteiger partial charge >= 0.3 is 12.1 Å². The molecule has 2 N–H and O–H groups in total.